The van der Waals surface area contributed by atoms with Crippen LogP contribution in [-0.4, -0.2) is 12.4 Å². The highest BCUT2D eigenvalue weighted by Crippen LogP contribution is 2.37. The van der Waals surface area contributed by atoms with Gasteiger partial charge in [-0.05, 0) is 76.9 Å². The lowest BCUT2D eigenvalue weighted by atomic mass is 9.94. The van der Waals surface area contributed by atoms with Crippen LogP contribution in [-0.2, 0) is 0 Å². The number of fused-ring (bicyclic) bond motifs is 3. The van der Waals surface area contributed by atoms with Crippen molar-refractivity contribution in [1.29, 1.82) is 0 Å². The van der Waals surface area contributed by atoms with Crippen molar-refractivity contribution in [1.82, 2.24) is 4.57 Å². The summed E-state index contributed by atoms with van der Waals surface area (Å²) >= 11 is 7.94. The van der Waals surface area contributed by atoms with Crippen LogP contribution < -0.4 is 5.46 Å². The van der Waals surface area contributed by atoms with Crippen molar-refractivity contribution in [2.24, 2.45) is 0 Å². The summed E-state index contributed by atoms with van der Waals surface area (Å²) in [4.78, 5) is 2.54. The molecule has 7 rings (SSSR count). The molecule has 0 unspecified atom stereocenters. The largest absolute Gasteiger partial charge is 0.309 e. The number of nitrogens with zero attached hydrogens (tertiary/aromatic N) is 1. The van der Waals surface area contributed by atoms with Gasteiger partial charge in [0.25, 0.3) is 0 Å². The molecule has 38 heavy (non-hydrogen) atoms. The Morgan fingerprint density at radius 2 is 1.11 bits per heavy atom. The zero-order valence-corrected chi connectivity index (χ0v) is 22.0. The van der Waals surface area contributed by atoms with Crippen LogP contribution in [0.4, 0.5) is 0 Å². The molecule has 0 bridgehead atoms. The molecule has 0 aliphatic heterocycles. The number of aromatic nitrogens is 1. The molecule has 1 nitrogen and oxygen atoms in total. The Bertz CT molecular complexity index is 1920. The van der Waals surface area contributed by atoms with Gasteiger partial charge in [-0.3, -0.25) is 0 Å². The van der Waals surface area contributed by atoms with E-state index in [-0.39, 0.29) is 0 Å². The Morgan fingerprint density at radius 3 is 1.82 bits per heavy atom. The molecule has 0 N–H and O–H groups in total. The maximum absolute atomic E-state index is 6.23. The maximum Gasteiger partial charge on any atom is 0.113 e. The molecule has 2 radical (unpaired) electrons. The lowest BCUT2D eigenvalue weighted by Crippen LogP contribution is -2.00. The van der Waals surface area contributed by atoms with Crippen LogP contribution in [0.15, 0.2) is 127 Å². The van der Waals surface area contributed by atoms with Crippen molar-refractivity contribution in [3.8, 4) is 37.7 Å². The van der Waals surface area contributed by atoms with E-state index in [1.54, 1.807) is 0 Å². The van der Waals surface area contributed by atoms with E-state index in [0.717, 1.165) is 43.7 Å². The molecule has 0 amide bonds. The number of halogens is 1. The van der Waals surface area contributed by atoms with E-state index >= 15 is 0 Å². The van der Waals surface area contributed by atoms with Crippen molar-refractivity contribution >= 4 is 58.1 Å². The van der Waals surface area contributed by atoms with E-state index < -0.39 is 0 Å². The van der Waals surface area contributed by atoms with Gasteiger partial charge in [-0.15, -0.1) is 11.3 Å². The van der Waals surface area contributed by atoms with Crippen LogP contribution in [0.1, 0.15) is 0 Å². The van der Waals surface area contributed by atoms with Crippen molar-refractivity contribution in [2.45, 2.75) is 0 Å². The van der Waals surface area contributed by atoms with Gasteiger partial charge < -0.3 is 4.57 Å². The van der Waals surface area contributed by atoms with Gasteiger partial charge in [0.15, 0.2) is 0 Å². The second-order valence-electron chi connectivity index (χ2n) is 9.43. The van der Waals surface area contributed by atoms with Gasteiger partial charge in [0.1, 0.15) is 7.85 Å². The van der Waals surface area contributed by atoms with Crippen LogP contribution in [0.2, 0.25) is 5.02 Å². The van der Waals surface area contributed by atoms with E-state index in [0.29, 0.717) is 0 Å². The van der Waals surface area contributed by atoms with Gasteiger partial charge in [0.05, 0.1) is 11.0 Å². The number of rotatable bonds is 4. The first-order chi connectivity index (χ1) is 18.6. The first-order valence-corrected chi connectivity index (χ1v) is 13.7. The fourth-order valence-corrected chi connectivity index (χ4v) is 6.31. The second-order valence-corrected chi connectivity index (χ2v) is 10.9. The Kier molecular flexibility index (Phi) is 5.69. The van der Waals surface area contributed by atoms with Crippen molar-refractivity contribution in [2.75, 3.05) is 0 Å². The Balaban J connectivity index is 1.32. The van der Waals surface area contributed by atoms with Gasteiger partial charge >= 0.3 is 0 Å². The summed E-state index contributed by atoms with van der Waals surface area (Å²) in [5.41, 5.74) is 8.93. The van der Waals surface area contributed by atoms with E-state index in [1.165, 1.54) is 26.3 Å². The summed E-state index contributed by atoms with van der Waals surface area (Å²) in [6.07, 6.45) is 0. The number of benzene rings is 5. The summed E-state index contributed by atoms with van der Waals surface area (Å²) in [7, 11) is 6.23. The second kappa shape index (κ2) is 9.36. The third kappa shape index (κ3) is 4.05. The summed E-state index contributed by atoms with van der Waals surface area (Å²) in [6.45, 7) is 0. The van der Waals surface area contributed by atoms with Crippen LogP contribution >= 0.6 is 22.9 Å². The average molecular weight is 522 g/mol. The standard InChI is InChI=1S/C34H21BClNS/c35-26-11-17-32-30(21-26)29-20-25(22-6-12-27(36)13-7-22)10-16-31(29)37(32)28-14-8-24(9-15-28)34-19-18-33(38-34)23-4-2-1-3-5-23/h1-21H. The fourth-order valence-electron chi connectivity index (χ4n) is 5.17. The van der Waals surface area contributed by atoms with Crippen LogP contribution in [0.5, 0.6) is 0 Å². The zero-order valence-electron chi connectivity index (χ0n) is 20.4. The minimum atomic E-state index is 0.737. The van der Waals surface area contributed by atoms with Gasteiger partial charge in [-0.2, -0.15) is 0 Å². The van der Waals surface area contributed by atoms with Crippen LogP contribution in [0.3, 0.4) is 0 Å². The molecule has 178 valence electrons. The van der Waals surface area contributed by atoms with Gasteiger partial charge in [-0.1, -0.05) is 89.9 Å². The molecule has 2 heterocycles. The van der Waals surface area contributed by atoms with E-state index in [9.17, 15) is 0 Å². The molecule has 0 aliphatic rings. The third-order valence-corrected chi connectivity index (χ3v) is 8.48. The molecule has 7 aromatic rings. The molecule has 2 aromatic heterocycles. The summed E-state index contributed by atoms with van der Waals surface area (Å²) in [6, 6.07) is 44.6. The van der Waals surface area contributed by atoms with Crippen molar-refractivity contribution in [3.63, 3.8) is 0 Å². The molecular weight excluding hydrogens is 501 g/mol. The molecule has 4 heteroatoms. The molecule has 0 aliphatic carbocycles. The highest BCUT2D eigenvalue weighted by molar-refractivity contribution is 7.18. The first-order valence-electron chi connectivity index (χ1n) is 12.5. The predicted molar refractivity (Wildman–Crippen MR) is 165 cm³/mol. The minimum Gasteiger partial charge on any atom is -0.309 e. The molecule has 0 saturated carbocycles. The smallest absolute Gasteiger partial charge is 0.113 e. The molecule has 0 fully saturated rings. The minimum absolute atomic E-state index is 0.737. The van der Waals surface area contributed by atoms with Crippen LogP contribution in [0.25, 0.3) is 59.5 Å². The number of thiophene rings is 1. The summed E-state index contributed by atoms with van der Waals surface area (Å²) in [5, 5.41) is 3.06. The number of hydrogen-bond acceptors (Lipinski definition) is 1. The first kappa shape index (κ1) is 23.1. The highest BCUT2D eigenvalue weighted by atomic mass is 35.5. The molecular formula is C34H21BClNS. The summed E-state index contributed by atoms with van der Waals surface area (Å²) < 4.78 is 2.32. The summed E-state index contributed by atoms with van der Waals surface area (Å²) in [5.74, 6) is 0. The maximum atomic E-state index is 6.23. The van der Waals surface area contributed by atoms with E-state index in [2.05, 4.69) is 114 Å². The highest BCUT2D eigenvalue weighted by Gasteiger charge is 2.14. The number of hydrogen-bond donors (Lipinski definition) is 0. The topological polar surface area (TPSA) is 4.93 Å². The fraction of sp³-hybridized carbons (Fsp3) is 0. The lowest BCUT2D eigenvalue weighted by molar-refractivity contribution is 1.18. The zero-order chi connectivity index (χ0) is 25.6. The molecule has 0 atom stereocenters. The predicted octanol–water partition coefficient (Wildman–Crippen LogP) is 9.29. The molecule has 0 spiro atoms. The van der Waals surface area contributed by atoms with Crippen LogP contribution in [0, 0.1) is 0 Å². The monoisotopic (exact) mass is 521 g/mol. The lowest BCUT2D eigenvalue weighted by Gasteiger charge is -2.09. The van der Waals surface area contributed by atoms with E-state index in [4.69, 9.17) is 19.4 Å². The molecule has 0 saturated heterocycles. The van der Waals surface area contributed by atoms with E-state index in [1.807, 2.05) is 29.5 Å². The quantitative estimate of drug-likeness (QED) is 0.203. The third-order valence-electron chi connectivity index (χ3n) is 7.04. The SMILES string of the molecule is [B]c1ccc2c(c1)c1cc(-c3ccc(Cl)cc3)ccc1n2-c1ccc(-c2ccc(-c3ccccc3)s2)cc1. The Morgan fingerprint density at radius 1 is 0.526 bits per heavy atom. The van der Waals surface area contributed by atoms with Crippen molar-refractivity contribution in [3.05, 3.63) is 132 Å². The van der Waals surface area contributed by atoms with Gasteiger partial charge in [-0.25, -0.2) is 0 Å². The normalized spacial score (nSPS) is 11.4. The van der Waals surface area contributed by atoms with Gasteiger partial charge in [0.2, 0.25) is 0 Å². The van der Waals surface area contributed by atoms with Crippen molar-refractivity contribution < 1.29 is 0 Å². The molecule has 5 aromatic carbocycles. The Labute approximate surface area is 232 Å². The average Bonchev–Trinajstić information content (AvgIpc) is 3.57. The van der Waals surface area contributed by atoms with Gasteiger partial charge in [0, 0.05) is 31.2 Å². The Hall–Kier alpha value is -4.05.